The number of benzene rings is 2. The number of phenolic OH excluding ortho intramolecular Hbond substituents is 2. The SMILES string of the molecule is CC1(C)[C@@H]([N+](=O)[O-])[C@@H](c2ccc(O)cc2)N[C@H](c2ccc(O)cc2)[C@H]1[N+](=O)[O-]. The van der Waals surface area contributed by atoms with Crippen LogP contribution in [0.2, 0.25) is 0 Å². The number of nitro groups is 2. The summed E-state index contributed by atoms with van der Waals surface area (Å²) in [4.78, 5) is 22.9. The van der Waals surface area contributed by atoms with Crippen molar-refractivity contribution in [2.24, 2.45) is 5.41 Å². The maximum absolute atomic E-state index is 11.9. The van der Waals surface area contributed by atoms with Crippen LogP contribution in [-0.4, -0.2) is 32.1 Å². The number of rotatable bonds is 4. The zero-order chi connectivity index (χ0) is 20.6. The van der Waals surface area contributed by atoms with E-state index in [1.807, 2.05) is 0 Å². The summed E-state index contributed by atoms with van der Waals surface area (Å²) in [5.41, 5.74) is -0.181. The second-order valence-corrected chi connectivity index (χ2v) is 7.59. The molecule has 9 nitrogen and oxygen atoms in total. The van der Waals surface area contributed by atoms with Crippen molar-refractivity contribution >= 4 is 0 Å². The molecule has 4 atom stereocenters. The first-order chi connectivity index (χ1) is 13.1. The molecule has 1 fully saturated rings. The number of phenols is 2. The molecule has 0 aliphatic carbocycles. The summed E-state index contributed by atoms with van der Waals surface area (Å²) in [6.45, 7) is 3.07. The zero-order valence-corrected chi connectivity index (χ0v) is 15.4. The Balaban J connectivity index is 2.14. The molecule has 2 aromatic rings. The van der Waals surface area contributed by atoms with Gasteiger partial charge in [-0.3, -0.25) is 25.5 Å². The molecule has 1 aliphatic heterocycles. The van der Waals surface area contributed by atoms with Gasteiger partial charge in [-0.05, 0) is 49.2 Å². The summed E-state index contributed by atoms with van der Waals surface area (Å²) in [6.07, 6.45) is 0. The van der Waals surface area contributed by atoms with Gasteiger partial charge >= 0.3 is 0 Å². The van der Waals surface area contributed by atoms with E-state index in [4.69, 9.17) is 0 Å². The molecule has 1 saturated heterocycles. The van der Waals surface area contributed by atoms with Crippen molar-refractivity contribution in [3.8, 4) is 11.5 Å². The van der Waals surface area contributed by atoms with Crippen LogP contribution in [0.4, 0.5) is 0 Å². The minimum absolute atomic E-state index is 0.0229. The molecule has 3 N–H and O–H groups in total. The lowest BCUT2D eigenvalue weighted by Gasteiger charge is -2.44. The van der Waals surface area contributed by atoms with Gasteiger partial charge in [-0.25, -0.2) is 0 Å². The standard InChI is InChI=1S/C19H21N3O6/c1-19(2)17(21(25)26)15(11-3-7-13(23)8-4-11)20-16(18(19)22(27)28)12-5-9-14(24)10-6-12/h3-10,15-18,20,23-24H,1-2H3/t15-,16-,17-,18+/m1/s1. The van der Waals surface area contributed by atoms with Crippen LogP contribution in [0.3, 0.4) is 0 Å². The average Bonchev–Trinajstić information content (AvgIpc) is 2.60. The molecule has 0 spiro atoms. The molecule has 9 heteroatoms. The smallest absolute Gasteiger partial charge is 0.243 e. The van der Waals surface area contributed by atoms with Crippen molar-refractivity contribution in [1.82, 2.24) is 5.32 Å². The van der Waals surface area contributed by atoms with Gasteiger partial charge in [-0.15, -0.1) is 0 Å². The minimum atomic E-state index is -1.29. The van der Waals surface area contributed by atoms with E-state index in [0.717, 1.165) is 0 Å². The molecule has 0 amide bonds. The van der Waals surface area contributed by atoms with Gasteiger partial charge in [0, 0.05) is 9.85 Å². The second-order valence-electron chi connectivity index (χ2n) is 7.59. The molecular formula is C19H21N3O6. The second kappa shape index (κ2) is 7.08. The van der Waals surface area contributed by atoms with Crippen LogP contribution in [0.25, 0.3) is 0 Å². The fourth-order valence-corrected chi connectivity index (χ4v) is 4.12. The van der Waals surface area contributed by atoms with Gasteiger partial charge in [0.2, 0.25) is 12.1 Å². The molecule has 3 rings (SSSR count). The highest BCUT2D eigenvalue weighted by atomic mass is 16.6. The normalized spacial score (nSPS) is 26.5. The van der Waals surface area contributed by atoms with Crippen LogP contribution in [0.15, 0.2) is 48.5 Å². The van der Waals surface area contributed by atoms with Crippen molar-refractivity contribution in [3.63, 3.8) is 0 Å². The third kappa shape index (κ3) is 3.36. The van der Waals surface area contributed by atoms with E-state index in [9.17, 15) is 30.4 Å². The van der Waals surface area contributed by atoms with Crippen LogP contribution in [0.1, 0.15) is 37.1 Å². The van der Waals surface area contributed by atoms with Gasteiger partial charge in [0.15, 0.2) is 0 Å². The lowest BCUT2D eigenvalue weighted by atomic mass is 9.66. The molecule has 0 radical (unpaired) electrons. The maximum Gasteiger partial charge on any atom is 0.243 e. The molecule has 1 aliphatic rings. The summed E-state index contributed by atoms with van der Waals surface area (Å²) in [7, 11) is 0. The lowest BCUT2D eigenvalue weighted by molar-refractivity contribution is -0.605. The highest BCUT2D eigenvalue weighted by Gasteiger charge is 2.62. The molecule has 1 heterocycles. The van der Waals surface area contributed by atoms with E-state index in [1.54, 1.807) is 24.3 Å². The third-order valence-corrected chi connectivity index (χ3v) is 5.47. The van der Waals surface area contributed by atoms with Crippen LogP contribution in [0, 0.1) is 25.6 Å². The number of hydrogen-bond donors (Lipinski definition) is 3. The van der Waals surface area contributed by atoms with Crippen molar-refractivity contribution in [2.45, 2.75) is 38.0 Å². The molecule has 0 bridgehead atoms. The quantitative estimate of drug-likeness (QED) is 0.541. The lowest BCUT2D eigenvalue weighted by Crippen LogP contribution is -2.63. The predicted octanol–water partition coefficient (Wildman–Crippen LogP) is 2.80. The highest BCUT2D eigenvalue weighted by Crippen LogP contribution is 2.47. The number of piperidine rings is 1. The molecule has 0 saturated carbocycles. The van der Waals surface area contributed by atoms with E-state index >= 15 is 0 Å². The fourth-order valence-electron chi connectivity index (χ4n) is 4.12. The van der Waals surface area contributed by atoms with Crippen LogP contribution >= 0.6 is 0 Å². The van der Waals surface area contributed by atoms with Crippen molar-refractivity contribution < 1.29 is 20.1 Å². The molecule has 148 valence electrons. The number of aromatic hydroxyl groups is 2. The van der Waals surface area contributed by atoms with Crippen LogP contribution < -0.4 is 5.32 Å². The van der Waals surface area contributed by atoms with E-state index in [2.05, 4.69) is 5.32 Å². The largest absolute Gasteiger partial charge is 0.508 e. The predicted molar refractivity (Wildman–Crippen MR) is 100 cm³/mol. The Hall–Kier alpha value is -3.20. The highest BCUT2D eigenvalue weighted by molar-refractivity contribution is 5.33. The Labute approximate surface area is 160 Å². The minimum Gasteiger partial charge on any atom is -0.508 e. The van der Waals surface area contributed by atoms with Gasteiger partial charge in [0.05, 0.1) is 0 Å². The monoisotopic (exact) mass is 387 g/mol. The maximum atomic E-state index is 11.9. The van der Waals surface area contributed by atoms with Crippen molar-refractivity contribution in [2.75, 3.05) is 0 Å². The van der Waals surface area contributed by atoms with Gasteiger partial charge in [-0.1, -0.05) is 24.3 Å². The zero-order valence-electron chi connectivity index (χ0n) is 15.4. The summed E-state index contributed by atoms with van der Waals surface area (Å²) < 4.78 is 0. The number of nitrogens with zero attached hydrogens (tertiary/aromatic N) is 2. The summed E-state index contributed by atoms with van der Waals surface area (Å²) in [5, 5.41) is 46.0. The fraction of sp³-hybridized carbons (Fsp3) is 0.368. The first-order valence-electron chi connectivity index (χ1n) is 8.74. The Kier molecular flexibility index (Phi) is 4.95. The molecular weight excluding hydrogens is 366 g/mol. The van der Waals surface area contributed by atoms with E-state index in [1.165, 1.54) is 38.1 Å². The number of hydrogen-bond acceptors (Lipinski definition) is 7. The van der Waals surface area contributed by atoms with Gasteiger partial charge in [0.25, 0.3) is 0 Å². The average molecular weight is 387 g/mol. The van der Waals surface area contributed by atoms with Gasteiger partial charge < -0.3 is 10.2 Å². The summed E-state index contributed by atoms with van der Waals surface area (Å²) >= 11 is 0. The first-order valence-corrected chi connectivity index (χ1v) is 8.74. The Bertz CT molecular complexity index is 810. The van der Waals surface area contributed by atoms with Gasteiger partial charge in [0.1, 0.15) is 29.0 Å². The van der Waals surface area contributed by atoms with Gasteiger partial charge in [-0.2, -0.15) is 0 Å². The summed E-state index contributed by atoms with van der Waals surface area (Å²) in [6, 6.07) is 7.85. The van der Waals surface area contributed by atoms with E-state index in [-0.39, 0.29) is 11.5 Å². The van der Waals surface area contributed by atoms with Crippen molar-refractivity contribution in [1.29, 1.82) is 0 Å². The van der Waals surface area contributed by atoms with E-state index in [0.29, 0.717) is 11.1 Å². The Morgan fingerprint density at radius 3 is 1.39 bits per heavy atom. The summed E-state index contributed by atoms with van der Waals surface area (Å²) in [5.74, 6) is 0.0458. The number of nitrogens with one attached hydrogen (secondary N) is 1. The van der Waals surface area contributed by atoms with Crippen LogP contribution in [0.5, 0.6) is 11.5 Å². The van der Waals surface area contributed by atoms with E-state index < -0.39 is 39.4 Å². The Morgan fingerprint density at radius 2 is 1.11 bits per heavy atom. The molecule has 2 aromatic carbocycles. The molecule has 0 unspecified atom stereocenters. The van der Waals surface area contributed by atoms with Crippen molar-refractivity contribution in [3.05, 3.63) is 79.9 Å². The Morgan fingerprint density at radius 1 is 0.786 bits per heavy atom. The molecule has 28 heavy (non-hydrogen) atoms. The first kappa shape index (κ1) is 19.6. The molecule has 0 aromatic heterocycles. The topological polar surface area (TPSA) is 139 Å². The third-order valence-electron chi connectivity index (χ3n) is 5.47. The van der Waals surface area contributed by atoms with Crippen LogP contribution in [-0.2, 0) is 0 Å².